The van der Waals surface area contributed by atoms with Gasteiger partial charge < -0.3 is 10.6 Å². The molecule has 3 atom stereocenters. The lowest BCUT2D eigenvalue weighted by Gasteiger charge is -2.39. The monoisotopic (exact) mass is 252 g/mol. The highest BCUT2D eigenvalue weighted by Crippen LogP contribution is 2.40. The van der Waals surface area contributed by atoms with Gasteiger partial charge in [-0.3, -0.25) is 4.79 Å². The van der Waals surface area contributed by atoms with Crippen molar-refractivity contribution in [1.29, 1.82) is 0 Å². The van der Waals surface area contributed by atoms with Gasteiger partial charge in [0, 0.05) is 18.5 Å². The summed E-state index contributed by atoms with van der Waals surface area (Å²) in [5.41, 5.74) is 0.177. The molecule has 1 aliphatic heterocycles. The molecule has 0 spiro atoms. The molecule has 3 unspecified atom stereocenters. The largest absolute Gasteiger partial charge is 0.352 e. The van der Waals surface area contributed by atoms with E-state index < -0.39 is 0 Å². The van der Waals surface area contributed by atoms with Crippen LogP contribution in [-0.4, -0.2) is 25.0 Å². The summed E-state index contributed by atoms with van der Waals surface area (Å²) in [6.45, 7) is 8.76. The minimum atomic E-state index is 0.177. The van der Waals surface area contributed by atoms with Gasteiger partial charge in [-0.15, -0.1) is 0 Å². The Hall–Kier alpha value is -0.570. The van der Waals surface area contributed by atoms with Crippen LogP contribution in [0.2, 0.25) is 0 Å². The lowest BCUT2D eigenvalue weighted by atomic mass is 9.68. The molecule has 1 heterocycles. The van der Waals surface area contributed by atoms with E-state index in [1.807, 2.05) is 0 Å². The van der Waals surface area contributed by atoms with E-state index in [0.29, 0.717) is 17.9 Å². The average molecular weight is 252 g/mol. The summed E-state index contributed by atoms with van der Waals surface area (Å²) in [6, 6.07) is 0.332. The van der Waals surface area contributed by atoms with Crippen LogP contribution in [0.3, 0.4) is 0 Å². The number of piperidine rings is 1. The molecular weight excluding hydrogens is 224 g/mol. The molecule has 2 N–H and O–H groups in total. The van der Waals surface area contributed by atoms with Crippen LogP contribution in [0, 0.1) is 17.3 Å². The van der Waals surface area contributed by atoms with Crippen LogP contribution in [0.4, 0.5) is 0 Å². The van der Waals surface area contributed by atoms with Crippen molar-refractivity contribution in [2.45, 2.75) is 58.9 Å². The summed E-state index contributed by atoms with van der Waals surface area (Å²) in [5, 5.41) is 6.67. The van der Waals surface area contributed by atoms with E-state index in [1.165, 1.54) is 19.3 Å². The standard InChI is InChI=1S/C15H28N2O/c1-11-8-12(10-16-9-11)17-14(18)13-6-4-5-7-15(13,2)3/h11-13,16H,4-10H2,1-3H3,(H,17,18). The first-order valence-corrected chi connectivity index (χ1v) is 7.50. The predicted molar refractivity (Wildman–Crippen MR) is 74.3 cm³/mol. The van der Waals surface area contributed by atoms with Crippen molar-refractivity contribution >= 4 is 5.91 Å². The Kier molecular flexibility index (Phi) is 4.31. The summed E-state index contributed by atoms with van der Waals surface area (Å²) in [5.74, 6) is 1.17. The van der Waals surface area contributed by atoms with Gasteiger partial charge in [-0.25, -0.2) is 0 Å². The lowest BCUT2D eigenvalue weighted by molar-refractivity contribution is -0.131. The lowest BCUT2D eigenvalue weighted by Crippen LogP contribution is -2.51. The first-order chi connectivity index (χ1) is 8.49. The number of rotatable bonds is 2. The van der Waals surface area contributed by atoms with Crippen LogP contribution in [0.1, 0.15) is 52.9 Å². The zero-order valence-corrected chi connectivity index (χ0v) is 12.1. The molecule has 1 saturated heterocycles. The van der Waals surface area contributed by atoms with Gasteiger partial charge in [0.05, 0.1) is 0 Å². The fourth-order valence-corrected chi connectivity index (χ4v) is 3.55. The van der Waals surface area contributed by atoms with Crippen LogP contribution in [0.25, 0.3) is 0 Å². The predicted octanol–water partition coefficient (Wildman–Crippen LogP) is 2.32. The summed E-state index contributed by atoms with van der Waals surface area (Å²) >= 11 is 0. The zero-order chi connectivity index (χ0) is 13.2. The maximum atomic E-state index is 12.4. The van der Waals surface area contributed by atoms with E-state index in [2.05, 4.69) is 31.4 Å². The number of amides is 1. The number of carbonyl (C=O) groups is 1. The van der Waals surface area contributed by atoms with Crippen molar-refractivity contribution in [2.75, 3.05) is 13.1 Å². The third kappa shape index (κ3) is 3.25. The molecule has 1 aliphatic carbocycles. The Labute approximate surface area is 111 Å². The molecule has 0 aromatic carbocycles. The van der Waals surface area contributed by atoms with Crippen LogP contribution in [-0.2, 0) is 4.79 Å². The summed E-state index contributed by atoms with van der Waals surface area (Å²) in [6.07, 6.45) is 5.85. The fraction of sp³-hybridized carbons (Fsp3) is 0.933. The van der Waals surface area contributed by atoms with Crippen LogP contribution in [0.15, 0.2) is 0 Å². The van der Waals surface area contributed by atoms with Gasteiger partial charge >= 0.3 is 0 Å². The van der Waals surface area contributed by atoms with Gasteiger partial charge in [0.15, 0.2) is 0 Å². The molecule has 3 heteroatoms. The molecule has 0 aromatic heterocycles. The minimum Gasteiger partial charge on any atom is -0.352 e. The molecule has 104 valence electrons. The van der Waals surface area contributed by atoms with Crippen molar-refractivity contribution in [3.63, 3.8) is 0 Å². The maximum absolute atomic E-state index is 12.4. The van der Waals surface area contributed by atoms with Crippen molar-refractivity contribution < 1.29 is 4.79 Å². The quantitative estimate of drug-likeness (QED) is 0.792. The van der Waals surface area contributed by atoms with E-state index in [4.69, 9.17) is 0 Å². The Morgan fingerprint density at radius 1 is 1.28 bits per heavy atom. The zero-order valence-electron chi connectivity index (χ0n) is 12.1. The van der Waals surface area contributed by atoms with Crippen LogP contribution >= 0.6 is 0 Å². The fourth-order valence-electron chi connectivity index (χ4n) is 3.55. The molecular formula is C15H28N2O. The molecule has 0 radical (unpaired) electrons. The highest BCUT2D eigenvalue weighted by molar-refractivity contribution is 5.79. The van der Waals surface area contributed by atoms with E-state index in [9.17, 15) is 4.79 Å². The van der Waals surface area contributed by atoms with Gasteiger partial charge in [-0.1, -0.05) is 33.6 Å². The first kappa shape index (κ1) is 13.9. The Balaban J connectivity index is 1.90. The van der Waals surface area contributed by atoms with Crippen molar-refractivity contribution in [1.82, 2.24) is 10.6 Å². The van der Waals surface area contributed by atoms with Crippen LogP contribution in [0.5, 0.6) is 0 Å². The minimum absolute atomic E-state index is 0.177. The van der Waals surface area contributed by atoms with Gasteiger partial charge in [0.1, 0.15) is 0 Å². The SMILES string of the molecule is CC1CNCC(NC(=O)C2CCCCC2(C)C)C1. The van der Waals surface area contributed by atoms with E-state index >= 15 is 0 Å². The molecule has 1 amide bonds. The second-order valence-electron chi connectivity index (χ2n) is 6.99. The molecule has 2 fully saturated rings. The van der Waals surface area contributed by atoms with E-state index in [-0.39, 0.29) is 11.3 Å². The molecule has 2 aliphatic rings. The number of carbonyl (C=O) groups excluding carboxylic acids is 1. The Morgan fingerprint density at radius 2 is 2.06 bits per heavy atom. The molecule has 18 heavy (non-hydrogen) atoms. The van der Waals surface area contributed by atoms with Crippen molar-refractivity contribution in [3.8, 4) is 0 Å². The summed E-state index contributed by atoms with van der Waals surface area (Å²) in [4.78, 5) is 12.4. The van der Waals surface area contributed by atoms with Gasteiger partial charge in [-0.05, 0) is 37.1 Å². The summed E-state index contributed by atoms with van der Waals surface area (Å²) in [7, 11) is 0. The topological polar surface area (TPSA) is 41.1 Å². The number of nitrogens with one attached hydrogen (secondary N) is 2. The van der Waals surface area contributed by atoms with Gasteiger partial charge in [0.25, 0.3) is 0 Å². The normalized spacial score (nSPS) is 36.1. The van der Waals surface area contributed by atoms with Gasteiger partial charge in [0.2, 0.25) is 5.91 Å². The maximum Gasteiger partial charge on any atom is 0.223 e. The second kappa shape index (κ2) is 5.60. The van der Waals surface area contributed by atoms with E-state index in [0.717, 1.165) is 25.9 Å². The molecule has 0 bridgehead atoms. The highest BCUT2D eigenvalue weighted by atomic mass is 16.2. The van der Waals surface area contributed by atoms with Crippen molar-refractivity contribution in [3.05, 3.63) is 0 Å². The average Bonchev–Trinajstić information content (AvgIpc) is 2.28. The van der Waals surface area contributed by atoms with Gasteiger partial charge in [-0.2, -0.15) is 0 Å². The van der Waals surface area contributed by atoms with Crippen LogP contribution < -0.4 is 10.6 Å². The Bertz CT molecular complexity index is 301. The Morgan fingerprint density at radius 3 is 2.72 bits per heavy atom. The number of hydrogen-bond donors (Lipinski definition) is 2. The third-order valence-corrected chi connectivity index (χ3v) is 4.74. The van der Waals surface area contributed by atoms with E-state index in [1.54, 1.807) is 0 Å². The molecule has 0 aromatic rings. The van der Waals surface area contributed by atoms with Crippen molar-refractivity contribution in [2.24, 2.45) is 17.3 Å². The number of hydrogen-bond acceptors (Lipinski definition) is 2. The molecule has 1 saturated carbocycles. The smallest absolute Gasteiger partial charge is 0.223 e. The molecule has 3 nitrogen and oxygen atoms in total. The second-order valence-corrected chi connectivity index (χ2v) is 6.99. The first-order valence-electron chi connectivity index (χ1n) is 7.50. The highest BCUT2D eigenvalue weighted by Gasteiger charge is 2.37. The summed E-state index contributed by atoms with van der Waals surface area (Å²) < 4.78 is 0. The third-order valence-electron chi connectivity index (χ3n) is 4.74. The molecule has 2 rings (SSSR count).